The Kier molecular flexibility index (Phi) is 2.39. The molecular weight excluding hydrogens is 143 g/mol. The van der Waals surface area contributed by atoms with Gasteiger partial charge in [0.25, 0.3) is 0 Å². The highest BCUT2D eigenvalue weighted by Gasteiger charge is 2.06. The molecule has 0 radical (unpaired) electrons. The van der Waals surface area contributed by atoms with Gasteiger partial charge in [-0.1, -0.05) is 27.0 Å². The number of hydrogen-bond donors (Lipinski definition) is 0. The average molecular weight is 154 g/mol. The lowest BCUT2D eigenvalue weighted by Gasteiger charge is -2.07. The summed E-state index contributed by atoms with van der Waals surface area (Å²) in [5.41, 5.74) is 2.41. The van der Waals surface area contributed by atoms with Crippen molar-refractivity contribution in [3.8, 4) is 0 Å². The van der Waals surface area contributed by atoms with Gasteiger partial charge in [-0.3, -0.25) is 4.79 Å². The molecule has 54 valence electrons. The van der Waals surface area contributed by atoms with E-state index in [0.29, 0.717) is 0 Å². The van der Waals surface area contributed by atoms with Gasteiger partial charge in [0.1, 0.15) is 0 Å². The summed E-state index contributed by atoms with van der Waals surface area (Å²) in [6, 6.07) is 0. The summed E-state index contributed by atoms with van der Waals surface area (Å²) < 4.78 is 0. The van der Waals surface area contributed by atoms with Crippen molar-refractivity contribution in [3.05, 3.63) is 23.3 Å². The van der Waals surface area contributed by atoms with Crippen LogP contribution in [0.4, 0.5) is 0 Å². The van der Waals surface area contributed by atoms with Crippen molar-refractivity contribution in [2.24, 2.45) is 0 Å². The first-order valence-corrected chi connectivity index (χ1v) is 3.94. The maximum Gasteiger partial charge on any atom is 0.174 e. The van der Waals surface area contributed by atoms with Crippen molar-refractivity contribution in [1.29, 1.82) is 0 Å². The summed E-state index contributed by atoms with van der Waals surface area (Å²) in [5.74, 6) is 0. The molecule has 0 aliphatic heterocycles. The Labute approximate surface area is 63.4 Å². The van der Waals surface area contributed by atoms with E-state index in [2.05, 4.69) is 16.2 Å². The summed E-state index contributed by atoms with van der Waals surface area (Å²) in [6.07, 6.45) is 5.87. The van der Waals surface area contributed by atoms with Gasteiger partial charge in [0.05, 0.1) is 0 Å². The van der Waals surface area contributed by atoms with Crippen molar-refractivity contribution < 1.29 is 4.79 Å². The van der Waals surface area contributed by atoms with E-state index < -0.39 is 0 Å². The fourth-order valence-electron chi connectivity index (χ4n) is 0.947. The molecular formula is C8H11OP. The van der Waals surface area contributed by atoms with Gasteiger partial charge in [-0.15, -0.1) is 0 Å². The largest absolute Gasteiger partial charge is 0.290 e. The highest BCUT2D eigenvalue weighted by Crippen LogP contribution is 2.19. The third-order valence-corrected chi connectivity index (χ3v) is 2.04. The Morgan fingerprint density at radius 1 is 1.50 bits per heavy atom. The third-order valence-electron chi connectivity index (χ3n) is 1.67. The fraction of sp³-hybridized carbons (Fsp3) is 0.375. The second-order valence-electron chi connectivity index (χ2n) is 2.57. The minimum absolute atomic E-state index is 0.128. The van der Waals surface area contributed by atoms with Crippen molar-refractivity contribution in [2.45, 2.75) is 19.8 Å². The lowest BCUT2D eigenvalue weighted by Crippen LogP contribution is -1.96. The molecule has 0 saturated heterocycles. The van der Waals surface area contributed by atoms with E-state index in [0.717, 1.165) is 18.4 Å². The Hall–Kier alpha value is -0.420. The van der Waals surface area contributed by atoms with Crippen molar-refractivity contribution >= 4 is 14.8 Å². The van der Waals surface area contributed by atoms with Crippen molar-refractivity contribution in [3.63, 3.8) is 0 Å². The molecule has 0 N–H and O–H groups in total. The normalized spacial score (nSPS) is 17.8. The summed E-state index contributed by atoms with van der Waals surface area (Å²) >= 11 is 0. The van der Waals surface area contributed by atoms with Crippen LogP contribution in [0.1, 0.15) is 19.8 Å². The molecule has 0 heterocycles. The molecule has 0 aromatic carbocycles. The van der Waals surface area contributed by atoms with Crippen LogP contribution in [-0.4, -0.2) is 5.52 Å². The second-order valence-corrected chi connectivity index (χ2v) is 3.09. The molecule has 1 rings (SSSR count). The first kappa shape index (κ1) is 7.68. The summed E-state index contributed by atoms with van der Waals surface area (Å²) in [7, 11) is 2.20. The monoisotopic (exact) mass is 154 g/mol. The summed E-state index contributed by atoms with van der Waals surface area (Å²) in [6.45, 7) is 2.08. The zero-order valence-corrected chi connectivity index (χ0v) is 7.21. The minimum atomic E-state index is 0.128. The number of carbonyl (C=O) groups is 1. The molecule has 10 heavy (non-hydrogen) atoms. The van der Waals surface area contributed by atoms with Crippen molar-refractivity contribution in [2.75, 3.05) is 0 Å². The molecule has 1 atom stereocenters. The van der Waals surface area contributed by atoms with Crippen LogP contribution < -0.4 is 0 Å². The van der Waals surface area contributed by atoms with Gasteiger partial charge in [-0.25, -0.2) is 0 Å². The van der Waals surface area contributed by atoms with E-state index in [9.17, 15) is 4.79 Å². The zero-order valence-electron chi connectivity index (χ0n) is 6.05. The SMILES string of the molecule is CC1=CC=C(C(=O)P)CC1. The molecule has 1 aliphatic carbocycles. The van der Waals surface area contributed by atoms with Crippen LogP contribution in [0.15, 0.2) is 23.3 Å². The van der Waals surface area contributed by atoms with Crippen LogP contribution in [0.2, 0.25) is 0 Å². The maximum absolute atomic E-state index is 10.8. The Morgan fingerprint density at radius 2 is 2.20 bits per heavy atom. The predicted molar refractivity (Wildman–Crippen MR) is 45.8 cm³/mol. The molecule has 0 saturated carbocycles. The average Bonchev–Trinajstić information content (AvgIpc) is 1.88. The highest BCUT2D eigenvalue weighted by atomic mass is 31.0. The Bertz CT molecular complexity index is 213. The molecule has 0 aromatic heterocycles. The van der Waals surface area contributed by atoms with E-state index in [4.69, 9.17) is 0 Å². The quantitative estimate of drug-likeness (QED) is 0.528. The van der Waals surface area contributed by atoms with E-state index in [-0.39, 0.29) is 5.52 Å². The molecule has 1 aliphatic rings. The fourth-order valence-corrected chi connectivity index (χ4v) is 1.19. The standard InChI is InChI=1S/C8H11OP/c1-6-2-4-7(5-3-6)8(9)10/h2,4H,3,5,10H2,1H3. The minimum Gasteiger partial charge on any atom is -0.290 e. The number of rotatable bonds is 1. The third kappa shape index (κ3) is 1.78. The van der Waals surface area contributed by atoms with Gasteiger partial charge in [0.15, 0.2) is 5.52 Å². The van der Waals surface area contributed by atoms with E-state index in [1.165, 1.54) is 5.57 Å². The Morgan fingerprint density at radius 3 is 2.60 bits per heavy atom. The maximum atomic E-state index is 10.8. The zero-order chi connectivity index (χ0) is 7.56. The van der Waals surface area contributed by atoms with Crippen LogP contribution in [0.3, 0.4) is 0 Å². The van der Waals surface area contributed by atoms with Gasteiger partial charge >= 0.3 is 0 Å². The number of hydrogen-bond acceptors (Lipinski definition) is 1. The molecule has 0 amide bonds. The molecule has 2 heteroatoms. The summed E-state index contributed by atoms with van der Waals surface area (Å²) in [5, 5.41) is 0. The Balaban J connectivity index is 2.74. The van der Waals surface area contributed by atoms with Crippen LogP contribution in [0.5, 0.6) is 0 Å². The molecule has 0 fully saturated rings. The molecule has 1 unspecified atom stereocenters. The summed E-state index contributed by atoms with van der Waals surface area (Å²) in [4.78, 5) is 10.8. The van der Waals surface area contributed by atoms with E-state index in [1.54, 1.807) is 0 Å². The van der Waals surface area contributed by atoms with Gasteiger partial charge in [-0.05, 0) is 25.3 Å². The molecule has 1 nitrogen and oxygen atoms in total. The van der Waals surface area contributed by atoms with Crippen LogP contribution in [-0.2, 0) is 4.79 Å². The second kappa shape index (κ2) is 3.12. The van der Waals surface area contributed by atoms with Crippen molar-refractivity contribution in [1.82, 2.24) is 0 Å². The predicted octanol–water partition coefficient (Wildman–Crippen LogP) is 2.05. The number of allylic oxidation sites excluding steroid dienone is 4. The van der Waals surface area contributed by atoms with Crippen LogP contribution in [0, 0.1) is 0 Å². The highest BCUT2D eigenvalue weighted by molar-refractivity contribution is 7.41. The first-order valence-electron chi connectivity index (χ1n) is 3.36. The molecule has 0 aromatic rings. The molecule has 0 bridgehead atoms. The van der Waals surface area contributed by atoms with Gasteiger partial charge in [-0.2, -0.15) is 0 Å². The first-order chi connectivity index (χ1) is 4.70. The van der Waals surface area contributed by atoms with Gasteiger partial charge in [0, 0.05) is 0 Å². The van der Waals surface area contributed by atoms with Crippen LogP contribution >= 0.6 is 9.24 Å². The topological polar surface area (TPSA) is 17.1 Å². The van der Waals surface area contributed by atoms with Crippen LogP contribution in [0.25, 0.3) is 0 Å². The molecule has 0 spiro atoms. The lowest BCUT2D eigenvalue weighted by atomic mass is 10.0. The smallest absolute Gasteiger partial charge is 0.174 e. The van der Waals surface area contributed by atoms with Gasteiger partial charge < -0.3 is 0 Å². The lowest BCUT2D eigenvalue weighted by molar-refractivity contribution is -0.108. The van der Waals surface area contributed by atoms with Gasteiger partial charge in [0.2, 0.25) is 0 Å². The van der Waals surface area contributed by atoms with E-state index in [1.807, 2.05) is 12.2 Å². The van der Waals surface area contributed by atoms with E-state index >= 15 is 0 Å². The number of carbonyl (C=O) groups excluding carboxylic acids is 1.